The van der Waals surface area contributed by atoms with Crippen LogP contribution < -0.4 is 0 Å². The quantitative estimate of drug-likeness (QED) is 0.807. The third-order valence-electron chi connectivity index (χ3n) is 4.97. The van der Waals surface area contributed by atoms with Crippen LogP contribution in [0.1, 0.15) is 36.8 Å². The number of hydrogen-bond donors (Lipinski definition) is 1. The molecule has 0 bridgehead atoms. The van der Waals surface area contributed by atoms with Gasteiger partial charge in [0.1, 0.15) is 11.6 Å². The van der Waals surface area contributed by atoms with Gasteiger partial charge in [-0.3, -0.25) is 4.90 Å². The minimum absolute atomic E-state index is 0.273. The van der Waals surface area contributed by atoms with E-state index in [0.717, 1.165) is 70.6 Å². The molecule has 0 aromatic carbocycles. The van der Waals surface area contributed by atoms with E-state index in [2.05, 4.69) is 31.6 Å². The Balaban J connectivity index is 1.61. The Kier molecular flexibility index (Phi) is 5.99. The summed E-state index contributed by atoms with van der Waals surface area (Å²) in [6.45, 7) is 7.84. The maximum atomic E-state index is 9.02. The van der Waals surface area contributed by atoms with Crippen molar-refractivity contribution in [1.29, 1.82) is 0 Å². The highest BCUT2D eigenvalue weighted by Gasteiger charge is 2.26. The van der Waals surface area contributed by atoms with E-state index >= 15 is 0 Å². The van der Waals surface area contributed by atoms with Gasteiger partial charge in [-0.05, 0) is 25.8 Å². The molecule has 2 fully saturated rings. The second-order valence-electron chi connectivity index (χ2n) is 6.64. The van der Waals surface area contributed by atoms with Crippen molar-refractivity contribution in [2.45, 2.75) is 31.7 Å². The normalized spacial score (nSPS) is 24.2. The number of hydrogen-bond acceptors (Lipinski definition) is 6. The van der Waals surface area contributed by atoms with Gasteiger partial charge in [0.2, 0.25) is 0 Å². The third-order valence-corrected chi connectivity index (χ3v) is 4.97. The second kappa shape index (κ2) is 8.19. The highest BCUT2D eigenvalue weighted by molar-refractivity contribution is 5.04. The standard InChI is InChI=1S/C16H29N5O2/c1-19-15(13-21-7-10-23-11-8-21)17-18-16(19)14-4-2-5-20(12-14)6-3-9-22/h14,22H,2-13H2,1H3. The van der Waals surface area contributed by atoms with Crippen LogP contribution in [0.2, 0.25) is 0 Å². The SMILES string of the molecule is Cn1c(CN2CCOCC2)nnc1C1CCCN(CCCO)C1. The van der Waals surface area contributed by atoms with Crippen molar-refractivity contribution in [1.82, 2.24) is 24.6 Å². The van der Waals surface area contributed by atoms with E-state index in [-0.39, 0.29) is 6.61 Å². The van der Waals surface area contributed by atoms with Gasteiger partial charge in [-0.25, -0.2) is 0 Å². The zero-order valence-electron chi connectivity index (χ0n) is 14.2. The third kappa shape index (κ3) is 4.29. The monoisotopic (exact) mass is 323 g/mol. The van der Waals surface area contributed by atoms with Crippen molar-refractivity contribution in [3.05, 3.63) is 11.6 Å². The Labute approximate surface area is 138 Å². The average molecular weight is 323 g/mol. The smallest absolute Gasteiger partial charge is 0.146 e. The van der Waals surface area contributed by atoms with E-state index in [4.69, 9.17) is 9.84 Å². The van der Waals surface area contributed by atoms with Crippen molar-refractivity contribution in [2.75, 3.05) is 52.5 Å². The van der Waals surface area contributed by atoms with E-state index in [0.29, 0.717) is 5.92 Å². The molecule has 2 aliphatic rings. The molecule has 130 valence electrons. The number of nitrogens with zero attached hydrogens (tertiary/aromatic N) is 5. The van der Waals surface area contributed by atoms with Crippen molar-refractivity contribution in [2.24, 2.45) is 7.05 Å². The number of rotatable bonds is 6. The van der Waals surface area contributed by atoms with E-state index in [1.54, 1.807) is 0 Å². The molecule has 3 rings (SSSR count). The number of likely N-dealkylation sites (tertiary alicyclic amines) is 1. The van der Waals surface area contributed by atoms with Gasteiger partial charge in [0.05, 0.1) is 19.8 Å². The zero-order valence-corrected chi connectivity index (χ0v) is 14.2. The summed E-state index contributed by atoms with van der Waals surface area (Å²) in [7, 11) is 2.10. The summed E-state index contributed by atoms with van der Waals surface area (Å²) in [5.41, 5.74) is 0. The number of piperidine rings is 1. The minimum Gasteiger partial charge on any atom is -0.396 e. The predicted octanol–water partition coefficient (Wildman–Crippen LogP) is 0.209. The molecule has 0 aliphatic carbocycles. The molecule has 0 spiro atoms. The Morgan fingerprint density at radius 1 is 1.17 bits per heavy atom. The molecule has 1 unspecified atom stereocenters. The Morgan fingerprint density at radius 2 is 2.00 bits per heavy atom. The van der Waals surface area contributed by atoms with Crippen LogP contribution in [0.3, 0.4) is 0 Å². The first kappa shape index (κ1) is 16.8. The number of aromatic nitrogens is 3. The van der Waals surface area contributed by atoms with Crippen LogP contribution in [0, 0.1) is 0 Å². The molecule has 23 heavy (non-hydrogen) atoms. The minimum atomic E-state index is 0.273. The number of aliphatic hydroxyl groups is 1. The maximum absolute atomic E-state index is 9.02. The van der Waals surface area contributed by atoms with E-state index in [1.807, 2.05) is 0 Å². The van der Waals surface area contributed by atoms with Crippen LogP contribution >= 0.6 is 0 Å². The number of aliphatic hydroxyl groups excluding tert-OH is 1. The Morgan fingerprint density at radius 3 is 2.78 bits per heavy atom. The molecule has 7 nitrogen and oxygen atoms in total. The molecule has 1 atom stereocenters. The summed E-state index contributed by atoms with van der Waals surface area (Å²) < 4.78 is 7.59. The highest BCUT2D eigenvalue weighted by atomic mass is 16.5. The maximum Gasteiger partial charge on any atom is 0.146 e. The summed E-state index contributed by atoms with van der Waals surface area (Å²) in [6.07, 6.45) is 3.23. The lowest BCUT2D eigenvalue weighted by molar-refractivity contribution is 0.0326. The van der Waals surface area contributed by atoms with Gasteiger partial charge in [-0.15, -0.1) is 10.2 Å². The van der Waals surface area contributed by atoms with Gasteiger partial charge >= 0.3 is 0 Å². The largest absolute Gasteiger partial charge is 0.396 e. The zero-order chi connectivity index (χ0) is 16.1. The van der Waals surface area contributed by atoms with Crippen LogP contribution in [0.15, 0.2) is 0 Å². The molecule has 1 aromatic heterocycles. The van der Waals surface area contributed by atoms with Gasteiger partial charge in [-0.1, -0.05) is 0 Å². The predicted molar refractivity (Wildman–Crippen MR) is 87.2 cm³/mol. The van der Waals surface area contributed by atoms with Crippen LogP contribution in [0.25, 0.3) is 0 Å². The summed E-state index contributed by atoms with van der Waals surface area (Å²) >= 11 is 0. The Bertz CT molecular complexity index is 487. The molecule has 0 saturated carbocycles. The summed E-state index contributed by atoms with van der Waals surface area (Å²) in [6, 6.07) is 0. The highest BCUT2D eigenvalue weighted by Crippen LogP contribution is 2.26. The number of ether oxygens (including phenoxy) is 1. The van der Waals surface area contributed by atoms with Crippen LogP contribution in [-0.4, -0.2) is 82.2 Å². The molecule has 1 N–H and O–H groups in total. The van der Waals surface area contributed by atoms with Crippen LogP contribution in [-0.2, 0) is 18.3 Å². The van der Waals surface area contributed by atoms with Gasteiger partial charge in [0.15, 0.2) is 0 Å². The average Bonchev–Trinajstić information content (AvgIpc) is 2.95. The summed E-state index contributed by atoms with van der Waals surface area (Å²) in [4.78, 5) is 4.83. The lowest BCUT2D eigenvalue weighted by Crippen LogP contribution is -2.37. The van der Waals surface area contributed by atoms with Crippen LogP contribution in [0.4, 0.5) is 0 Å². The molecule has 2 saturated heterocycles. The molecular weight excluding hydrogens is 294 g/mol. The molecule has 2 aliphatic heterocycles. The number of morpholine rings is 1. The summed E-state index contributed by atoms with van der Waals surface area (Å²) in [5, 5.41) is 18.0. The fourth-order valence-electron chi connectivity index (χ4n) is 3.59. The van der Waals surface area contributed by atoms with Crippen molar-refractivity contribution in [3.63, 3.8) is 0 Å². The molecular formula is C16H29N5O2. The van der Waals surface area contributed by atoms with Crippen molar-refractivity contribution >= 4 is 0 Å². The van der Waals surface area contributed by atoms with E-state index in [1.165, 1.54) is 12.8 Å². The van der Waals surface area contributed by atoms with Gasteiger partial charge < -0.3 is 19.3 Å². The first-order chi connectivity index (χ1) is 11.3. The van der Waals surface area contributed by atoms with Gasteiger partial charge in [-0.2, -0.15) is 0 Å². The first-order valence-corrected chi connectivity index (χ1v) is 8.79. The van der Waals surface area contributed by atoms with Crippen molar-refractivity contribution < 1.29 is 9.84 Å². The summed E-state index contributed by atoms with van der Waals surface area (Å²) in [5.74, 6) is 2.62. The second-order valence-corrected chi connectivity index (χ2v) is 6.64. The first-order valence-electron chi connectivity index (χ1n) is 8.79. The van der Waals surface area contributed by atoms with Crippen molar-refractivity contribution in [3.8, 4) is 0 Å². The molecule has 0 radical (unpaired) electrons. The Hall–Kier alpha value is -1.02. The lowest BCUT2D eigenvalue weighted by Gasteiger charge is -2.32. The van der Waals surface area contributed by atoms with E-state index < -0.39 is 0 Å². The fourth-order valence-corrected chi connectivity index (χ4v) is 3.59. The van der Waals surface area contributed by atoms with Gasteiger partial charge in [0, 0.05) is 45.8 Å². The molecule has 7 heteroatoms. The van der Waals surface area contributed by atoms with Gasteiger partial charge in [0.25, 0.3) is 0 Å². The lowest BCUT2D eigenvalue weighted by atomic mass is 9.97. The molecule has 0 amide bonds. The van der Waals surface area contributed by atoms with E-state index in [9.17, 15) is 0 Å². The molecule has 1 aromatic rings. The molecule has 3 heterocycles. The van der Waals surface area contributed by atoms with Crippen LogP contribution in [0.5, 0.6) is 0 Å². The fraction of sp³-hybridized carbons (Fsp3) is 0.875. The topological polar surface area (TPSA) is 66.7 Å².